The lowest BCUT2D eigenvalue weighted by atomic mass is 9.79. The molecule has 0 spiro atoms. The number of nitrogens with zero attached hydrogens (tertiary/aromatic N) is 1. The van der Waals surface area contributed by atoms with Crippen molar-refractivity contribution < 1.29 is 28.9 Å². The van der Waals surface area contributed by atoms with Crippen molar-refractivity contribution in [2.45, 2.75) is 45.3 Å². The van der Waals surface area contributed by atoms with Crippen molar-refractivity contribution in [3.05, 3.63) is 35.4 Å². The Morgan fingerprint density at radius 3 is 2.53 bits per heavy atom. The summed E-state index contributed by atoms with van der Waals surface area (Å²) in [7, 11) is 3.26. The molecule has 3 atom stereocenters. The molecule has 164 valence electrons. The molecule has 7 heteroatoms. The largest absolute Gasteiger partial charge is 0.493 e. The highest BCUT2D eigenvalue weighted by molar-refractivity contribution is 5.90. The highest BCUT2D eigenvalue weighted by Gasteiger charge is 2.41. The van der Waals surface area contributed by atoms with Crippen molar-refractivity contribution in [3.8, 4) is 11.5 Å². The summed E-state index contributed by atoms with van der Waals surface area (Å²) in [6, 6.07) is 4.21. The summed E-state index contributed by atoms with van der Waals surface area (Å²) < 4.78 is 16.7. The first-order valence-electron chi connectivity index (χ1n) is 10.4. The number of esters is 1. The second-order valence-electron chi connectivity index (χ2n) is 8.44. The van der Waals surface area contributed by atoms with Crippen LogP contribution in [0.4, 0.5) is 0 Å². The van der Waals surface area contributed by atoms with E-state index in [4.69, 9.17) is 19.3 Å². The smallest absolute Gasteiger partial charge is 0.331 e. The van der Waals surface area contributed by atoms with Crippen molar-refractivity contribution in [1.29, 1.82) is 0 Å². The van der Waals surface area contributed by atoms with Crippen LogP contribution in [0.3, 0.4) is 0 Å². The number of hydrogen-bond donors (Lipinski definition) is 1. The molecule has 0 saturated carbocycles. The second kappa shape index (κ2) is 9.51. The molecular formula is C23H31NO6. The lowest BCUT2D eigenvalue weighted by Crippen LogP contribution is -2.49. The number of carbonyl (C=O) groups is 2. The van der Waals surface area contributed by atoms with Gasteiger partial charge in [0.15, 0.2) is 11.5 Å². The number of carboxylic acids is 1. The fourth-order valence-corrected chi connectivity index (χ4v) is 4.71. The maximum absolute atomic E-state index is 12.2. The van der Waals surface area contributed by atoms with Crippen LogP contribution in [-0.2, 0) is 20.7 Å². The topological polar surface area (TPSA) is 85.3 Å². The minimum absolute atomic E-state index is 0.123. The van der Waals surface area contributed by atoms with Gasteiger partial charge in [-0.05, 0) is 42.0 Å². The van der Waals surface area contributed by atoms with Gasteiger partial charge in [0.2, 0.25) is 0 Å². The van der Waals surface area contributed by atoms with E-state index in [1.54, 1.807) is 14.2 Å². The Morgan fingerprint density at radius 2 is 1.90 bits per heavy atom. The van der Waals surface area contributed by atoms with Crippen molar-refractivity contribution in [2.24, 2.45) is 11.8 Å². The first-order valence-corrected chi connectivity index (χ1v) is 10.4. The van der Waals surface area contributed by atoms with Gasteiger partial charge in [-0.25, -0.2) is 9.59 Å². The van der Waals surface area contributed by atoms with E-state index in [0.717, 1.165) is 43.8 Å². The van der Waals surface area contributed by atoms with E-state index < -0.39 is 11.9 Å². The van der Waals surface area contributed by atoms with Crippen molar-refractivity contribution in [2.75, 3.05) is 27.3 Å². The van der Waals surface area contributed by atoms with Gasteiger partial charge in [-0.2, -0.15) is 0 Å². The number of aliphatic carboxylic acids is 1. The van der Waals surface area contributed by atoms with Gasteiger partial charge >= 0.3 is 11.9 Å². The molecule has 7 nitrogen and oxygen atoms in total. The molecule has 1 fully saturated rings. The standard InChI is InChI=1S/C23H31NO6/c1-14(2)9-16-13-24-8-7-15-10-20(28-3)21(29-4)11-17(15)18(24)12-19(16)30-23(27)6-5-22(25)26/h5-6,10-11,14,16,18-19H,7-9,12-13H2,1-4H3,(H,25,26)/b6-5+/t16-,18-,19-/m0/s1. The van der Waals surface area contributed by atoms with Crippen molar-refractivity contribution in [3.63, 3.8) is 0 Å². The zero-order valence-corrected chi connectivity index (χ0v) is 18.1. The van der Waals surface area contributed by atoms with Gasteiger partial charge in [-0.3, -0.25) is 4.90 Å². The molecular weight excluding hydrogens is 386 g/mol. The number of benzene rings is 1. The van der Waals surface area contributed by atoms with E-state index in [2.05, 4.69) is 18.7 Å². The molecule has 1 saturated heterocycles. The quantitative estimate of drug-likeness (QED) is 0.538. The molecule has 0 unspecified atom stereocenters. The van der Waals surface area contributed by atoms with Gasteiger partial charge in [0, 0.05) is 43.6 Å². The number of rotatable bonds is 7. The summed E-state index contributed by atoms with van der Waals surface area (Å²) in [5.41, 5.74) is 2.41. The third kappa shape index (κ3) is 4.95. The maximum Gasteiger partial charge on any atom is 0.331 e. The molecule has 2 heterocycles. The first-order chi connectivity index (χ1) is 14.3. The van der Waals surface area contributed by atoms with Crippen LogP contribution in [0.5, 0.6) is 11.5 Å². The lowest BCUT2D eigenvalue weighted by molar-refractivity contribution is -0.151. The molecule has 0 bridgehead atoms. The molecule has 1 aromatic carbocycles. The van der Waals surface area contributed by atoms with Crippen LogP contribution >= 0.6 is 0 Å². The summed E-state index contributed by atoms with van der Waals surface area (Å²) in [5.74, 6) is 0.338. The average Bonchev–Trinajstić information content (AvgIpc) is 2.71. The molecule has 1 aromatic rings. The molecule has 2 aliphatic heterocycles. The fourth-order valence-electron chi connectivity index (χ4n) is 4.71. The van der Waals surface area contributed by atoms with Crippen LogP contribution in [0, 0.1) is 11.8 Å². The zero-order chi connectivity index (χ0) is 21.8. The predicted octanol–water partition coefficient (Wildman–Crippen LogP) is 3.22. The average molecular weight is 418 g/mol. The van der Waals surface area contributed by atoms with E-state index in [9.17, 15) is 9.59 Å². The number of methoxy groups -OCH3 is 2. The number of piperidine rings is 1. The number of carbonyl (C=O) groups excluding carboxylic acids is 1. The van der Waals surface area contributed by atoms with Crippen molar-refractivity contribution in [1.82, 2.24) is 4.90 Å². The summed E-state index contributed by atoms with van der Waals surface area (Å²) in [4.78, 5) is 25.4. The molecule has 1 N–H and O–H groups in total. The van der Waals surface area contributed by atoms with E-state index in [-0.39, 0.29) is 18.1 Å². The SMILES string of the molecule is COc1cc2c(cc1OC)[C@@H]1C[C@H](OC(=O)/C=C/C(=O)O)[C@@H](CC(C)C)CN1CC2. The molecule has 2 aliphatic rings. The predicted molar refractivity (Wildman–Crippen MR) is 112 cm³/mol. The first kappa shape index (κ1) is 22.2. The number of fused-ring (bicyclic) bond motifs is 3. The molecule has 0 aromatic heterocycles. The Hall–Kier alpha value is -2.54. The molecule has 30 heavy (non-hydrogen) atoms. The Morgan fingerprint density at radius 1 is 1.20 bits per heavy atom. The van der Waals surface area contributed by atoms with Gasteiger partial charge < -0.3 is 19.3 Å². The highest BCUT2D eigenvalue weighted by Crippen LogP contribution is 2.44. The van der Waals surface area contributed by atoms with E-state index in [1.807, 2.05) is 12.1 Å². The van der Waals surface area contributed by atoms with Crippen LogP contribution in [0.15, 0.2) is 24.3 Å². The third-order valence-electron chi connectivity index (χ3n) is 5.97. The van der Waals surface area contributed by atoms with Gasteiger partial charge in [0.1, 0.15) is 6.10 Å². The zero-order valence-electron chi connectivity index (χ0n) is 18.1. The molecule has 3 rings (SSSR count). The monoisotopic (exact) mass is 417 g/mol. The van der Waals surface area contributed by atoms with E-state index in [0.29, 0.717) is 18.1 Å². The van der Waals surface area contributed by atoms with Crippen molar-refractivity contribution >= 4 is 11.9 Å². The summed E-state index contributed by atoms with van der Waals surface area (Å²) in [5, 5.41) is 8.77. The lowest BCUT2D eigenvalue weighted by Gasteiger charge is -2.47. The summed E-state index contributed by atoms with van der Waals surface area (Å²) in [6.07, 6.45) is 4.10. The Labute approximate surface area is 177 Å². The van der Waals surface area contributed by atoms with Crippen LogP contribution < -0.4 is 9.47 Å². The Balaban J connectivity index is 1.87. The summed E-state index contributed by atoms with van der Waals surface area (Å²) >= 11 is 0. The summed E-state index contributed by atoms with van der Waals surface area (Å²) in [6.45, 7) is 6.12. The Bertz CT molecular complexity index is 818. The molecule has 0 amide bonds. The Kier molecular flexibility index (Phi) is 7.02. The fraction of sp³-hybridized carbons (Fsp3) is 0.565. The number of hydrogen-bond acceptors (Lipinski definition) is 6. The van der Waals surface area contributed by atoms with Crippen LogP contribution in [-0.4, -0.2) is 55.4 Å². The van der Waals surface area contributed by atoms with Crippen LogP contribution in [0.1, 0.15) is 43.9 Å². The van der Waals surface area contributed by atoms with Gasteiger partial charge in [-0.15, -0.1) is 0 Å². The minimum atomic E-state index is -1.16. The third-order valence-corrected chi connectivity index (χ3v) is 5.97. The molecule has 0 radical (unpaired) electrons. The molecule has 0 aliphatic carbocycles. The number of carboxylic acid groups (broad SMARTS) is 1. The number of ether oxygens (including phenoxy) is 3. The highest BCUT2D eigenvalue weighted by atomic mass is 16.5. The van der Waals surface area contributed by atoms with Crippen LogP contribution in [0.25, 0.3) is 0 Å². The maximum atomic E-state index is 12.2. The van der Waals surface area contributed by atoms with Gasteiger partial charge in [0.25, 0.3) is 0 Å². The normalized spacial score (nSPS) is 23.7. The van der Waals surface area contributed by atoms with E-state index in [1.165, 1.54) is 11.1 Å². The minimum Gasteiger partial charge on any atom is -0.493 e. The van der Waals surface area contributed by atoms with Gasteiger partial charge in [-0.1, -0.05) is 13.8 Å². The van der Waals surface area contributed by atoms with Gasteiger partial charge in [0.05, 0.1) is 14.2 Å². The second-order valence-corrected chi connectivity index (χ2v) is 8.44. The van der Waals surface area contributed by atoms with Crippen LogP contribution in [0.2, 0.25) is 0 Å². The van der Waals surface area contributed by atoms with E-state index >= 15 is 0 Å².